The molecule has 2 rings (SSSR count). The van der Waals surface area contributed by atoms with Crippen LogP contribution in [0.4, 0.5) is 0 Å². The lowest BCUT2D eigenvalue weighted by atomic mass is 10.0. The van der Waals surface area contributed by atoms with E-state index >= 15 is 0 Å². The Bertz CT molecular complexity index is 453. The number of rotatable bonds is 4. The molecule has 0 aliphatic carbocycles. The number of ether oxygens (including phenoxy) is 1. The van der Waals surface area contributed by atoms with Gasteiger partial charge in [-0.2, -0.15) is 5.48 Å². The molecular weight excluding hydrogens is 296 g/mol. The Kier molecular flexibility index (Phi) is 4.62. The van der Waals surface area contributed by atoms with Crippen molar-refractivity contribution in [3.63, 3.8) is 0 Å². The lowest BCUT2D eigenvalue weighted by molar-refractivity contribution is 0.0269. The zero-order valence-corrected chi connectivity index (χ0v) is 12.4. The molecule has 2 atom stereocenters. The summed E-state index contributed by atoms with van der Waals surface area (Å²) in [6.07, 6.45) is 1.81. The molecule has 0 amide bonds. The average Bonchev–Trinajstić information content (AvgIpc) is 2.67. The quantitative estimate of drug-likeness (QED) is 0.660. The van der Waals surface area contributed by atoms with Crippen LogP contribution in [0.3, 0.4) is 0 Å². The van der Waals surface area contributed by atoms with Crippen LogP contribution < -0.4 is 10.2 Å². The standard InChI is InChI=1S/C12H14Cl3NO2/c1-3-4-8-11(16-17-2)9-10(15)6(13)5-7(14)12(9)18-8/h5,8,11,16H,3-4H2,1-2H3. The highest BCUT2D eigenvalue weighted by Gasteiger charge is 2.38. The first-order chi connectivity index (χ1) is 8.60. The first kappa shape index (κ1) is 14.2. The summed E-state index contributed by atoms with van der Waals surface area (Å²) in [5.74, 6) is 0.596. The fourth-order valence-corrected chi connectivity index (χ4v) is 2.95. The van der Waals surface area contributed by atoms with Crippen LogP contribution in [-0.4, -0.2) is 13.2 Å². The van der Waals surface area contributed by atoms with Crippen molar-refractivity contribution in [1.29, 1.82) is 0 Å². The second-order valence-electron chi connectivity index (χ2n) is 4.14. The largest absolute Gasteiger partial charge is 0.486 e. The Hall–Kier alpha value is -0.190. The van der Waals surface area contributed by atoms with Crippen molar-refractivity contribution >= 4 is 34.8 Å². The van der Waals surface area contributed by atoms with Gasteiger partial charge in [-0.05, 0) is 12.5 Å². The zero-order chi connectivity index (χ0) is 13.3. The summed E-state index contributed by atoms with van der Waals surface area (Å²) in [6, 6.07) is 1.44. The zero-order valence-electron chi connectivity index (χ0n) is 10.1. The maximum Gasteiger partial charge on any atom is 0.145 e. The van der Waals surface area contributed by atoms with E-state index in [0.29, 0.717) is 20.8 Å². The first-order valence-electron chi connectivity index (χ1n) is 5.72. The van der Waals surface area contributed by atoms with Gasteiger partial charge < -0.3 is 9.57 Å². The van der Waals surface area contributed by atoms with E-state index in [1.807, 2.05) is 0 Å². The average molecular weight is 311 g/mol. The second kappa shape index (κ2) is 5.85. The third kappa shape index (κ3) is 2.43. The van der Waals surface area contributed by atoms with E-state index in [-0.39, 0.29) is 12.1 Å². The van der Waals surface area contributed by atoms with E-state index in [0.717, 1.165) is 18.4 Å². The van der Waals surface area contributed by atoms with Crippen molar-refractivity contribution < 1.29 is 9.57 Å². The number of hydrogen-bond acceptors (Lipinski definition) is 3. The van der Waals surface area contributed by atoms with Gasteiger partial charge in [0.15, 0.2) is 0 Å². The highest BCUT2D eigenvalue weighted by Crippen LogP contribution is 2.49. The van der Waals surface area contributed by atoms with E-state index in [9.17, 15) is 0 Å². The maximum atomic E-state index is 6.24. The van der Waals surface area contributed by atoms with Crippen LogP contribution in [-0.2, 0) is 4.84 Å². The van der Waals surface area contributed by atoms with Crippen molar-refractivity contribution in [2.75, 3.05) is 7.11 Å². The fourth-order valence-electron chi connectivity index (χ4n) is 2.17. The molecule has 1 heterocycles. The van der Waals surface area contributed by atoms with Crippen LogP contribution >= 0.6 is 34.8 Å². The van der Waals surface area contributed by atoms with Gasteiger partial charge in [0, 0.05) is 5.56 Å². The predicted molar refractivity (Wildman–Crippen MR) is 73.7 cm³/mol. The highest BCUT2D eigenvalue weighted by molar-refractivity contribution is 6.44. The van der Waals surface area contributed by atoms with Gasteiger partial charge in [-0.25, -0.2) is 0 Å². The molecule has 1 aromatic carbocycles. The Morgan fingerprint density at radius 2 is 2.06 bits per heavy atom. The number of fused-ring (bicyclic) bond motifs is 1. The molecule has 0 saturated carbocycles. The minimum absolute atomic E-state index is 0.0570. The number of benzene rings is 1. The molecule has 1 aromatic rings. The van der Waals surface area contributed by atoms with Crippen LogP contribution in [0.25, 0.3) is 0 Å². The summed E-state index contributed by atoms with van der Waals surface area (Å²) in [6.45, 7) is 2.09. The van der Waals surface area contributed by atoms with Crippen molar-refractivity contribution in [2.45, 2.75) is 31.9 Å². The lowest BCUT2D eigenvalue weighted by Gasteiger charge is -2.18. The van der Waals surface area contributed by atoms with Gasteiger partial charge in [0.05, 0.1) is 28.2 Å². The van der Waals surface area contributed by atoms with Crippen LogP contribution in [0.1, 0.15) is 31.4 Å². The van der Waals surface area contributed by atoms with Crippen molar-refractivity contribution in [1.82, 2.24) is 5.48 Å². The lowest BCUT2D eigenvalue weighted by Crippen LogP contribution is -2.30. The van der Waals surface area contributed by atoms with Gasteiger partial charge in [-0.15, -0.1) is 0 Å². The van der Waals surface area contributed by atoms with Crippen molar-refractivity contribution in [3.05, 3.63) is 26.7 Å². The van der Waals surface area contributed by atoms with Gasteiger partial charge in [0.2, 0.25) is 0 Å². The maximum absolute atomic E-state index is 6.24. The SMILES string of the molecule is CCCC1Oc2c(Cl)cc(Cl)c(Cl)c2C1NOC. The number of hydroxylamine groups is 1. The number of halogens is 3. The highest BCUT2D eigenvalue weighted by atomic mass is 35.5. The molecule has 0 radical (unpaired) electrons. The summed E-state index contributed by atoms with van der Waals surface area (Å²) >= 11 is 18.4. The van der Waals surface area contributed by atoms with E-state index in [4.69, 9.17) is 44.4 Å². The Labute approximate surface area is 121 Å². The molecule has 6 heteroatoms. The molecular formula is C12H14Cl3NO2. The molecule has 100 valence electrons. The third-order valence-electron chi connectivity index (χ3n) is 2.93. The van der Waals surface area contributed by atoms with E-state index < -0.39 is 0 Å². The Morgan fingerprint density at radius 1 is 1.33 bits per heavy atom. The fraction of sp³-hybridized carbons (Fsp3) is 0.500. The predicted octanol–water partition coefficient (Wildman–Crippen LogP) is 4.40. The van der Waals surface area contributed by atoms with Crippen molar-refractivity contribution in [3.8, 4) is 5.75 Å². The Morgan fingerprint density at radius 3 is 2.67 bits per heavy atom. The van der Waals surface area contributed by atoms with E-state index in [2.05, 4.69) is 12.4 Å². The van der Waals surface area contributed by atoms with Gasteiger partial charge in [-0.3, -0.25) is 0 Å². The normalized spacial score (nSPS) is 21.8. The minimum Gasteiger partial charge on any atom is -0.486 e. The molecule has 0 bridgehead atoms. The smallest absolute Gasteiger partial charge is 0.145 e. The summed E-state index contributed by atoms with van der Waals surface area (Å²) < 4.78 is 5.86. The van der Waals surface area contributed by atoms with Gasteiger partial charge in [-0.1, -0.05) is 48.1 Å². The molecule has 0 fully saturated rings. The van der Waals surface area contributed by atoms with Crippen LogP contribution in [0, 0.1) is 0 Å². The first-order valence-corrected chi connectivity index (χ1v) is 6.86. The molecule has 0 aromatic heterocycles. The number of hydrogen-bond donors (Lipinski definition) is 1. The second-order valence-corrected chi connectivity index (χ2v) is 5.33. The summed E-state index contributed by atoms with van der Waals surface area (Å²) in [7, 11) is 1.56. The van der Waals surface area contributed by atoms with Gasteiger partial charge in [0.25, 0.3) is 0 Å². The summed E-state index contributed by atoms with van der Waals surface area (Å²) in [5, 5.41) is 1.36. The van der Waals surface area contributed by atoms with Crippen LogP contribution in [0.2, 0.25) is 15.1 Å². The van der Waals surface area contributed by atoms with E-state index in [1.165, 1.54) is 0 Å². The molecule has 3 nitrogen and oxygen atoms in total. The Balaban J connectivity index is 2.46. The molecule has 2 unspecified atom stereocenters. The molecule has 18 heavy (non-hydrogen) atoms. The molecule has 0 spiro atoms. The topological polar surface area (TPSA) is 30.5 Å². The van der Waals surface area contributed by atoms with E-state index in [1.54, 1.807) is 13.2 Å². The summed E-state index contributed by atoms with van der Waals surface area (Å²) in [5.41, 5.74) is 3.68. The van der Waals surface area contributed by atoms with Crippen molar-refractivity contribution in [2.24, 2.45) is 0 Å². The van der Waals surface area contributed by atoms with Gasteiger partial charge in [0.1, 0.15) is 11.9 Å². The number of nitrogens with one attached hydrogen (secondary N) is 1. The third-order valence-corrected chi connectivity index (χ3v) is 4.01. The minimum atomic E-state index is -0.159. The van der Waals surface area contributed by atoms with Gasteiger partial charge >= 0.3 is 0 Å². The molecule has 1 N–H and O–H groups in total. The summed E-state index contributed by atoms with van der Waals surface area (Å²) in [4.78, 5) is 5.02. The van der Waals surface area contributed by atoms with Crippen LogP contribution in [0.15, 0.2) is 6.07 Å². The molecule has 1 aliphatic rings. The molecule has 0 saturated heterocycles. The van der Waals surface area contributed by atoms with Crippen LogP contribution in [0.5, 0.6) is 5.75 Å². The monoisotopic (exact) mass is 309 g/mol. The molecule has 1 aliphatic heterocycles.